The van der Waals surface area contributed by atoms with E-state index in [1.165, 1.54) is 0 Å². The third-order valence-corrected chi connectivity index (χ3v) is 2.77. The second kappa shape index (κ2) is 4.73. The van der Waals surface area contributed by atoms with Crippen molar-refractivity contribution in [2.45, 2.75) is 6.04 Å². The van der Waals surface area contributed by atoms with Gasteiger partial charge in [0.05, 0.1) is 6.04 Å². The largest absolute Gasteiger partial charge is 0.346 e. The maximum absolute atomic E-state index is 6.09. The number of aromatic amines is 1. The van der Waals surface area contributed by atoms with E-state index in [-0.39, 0.29) is 0 Å². The molecule has 0 spiro atoms. The van der Waals surface area contributed by atoms with Crippen LogP contribution in [0.5, 0.6) is 0 Å². The van der Waals surface area contributed by atoms with Gasteiger partial charge in [-0.05, 0) is 11.6 Å². The molecule has 0 aliphatic rings. The molecule has 2 rings (SSSR count). The van der Waals surface area contributed by atoms with Crippen molar-refractivity contribution in [2.75, 3.05) is 19.0 Å². The minimum atomic E-state index is -0.398. The maximum Gasteiger partial charge on any atom is 0.244 e. The maximum atomic E-state index is 6.09. The van der Waals surface area contributed by atoms with E-state index in [1.807, 2.05) is 32.3 Å². The van der Waals surface area contributed by atoms with Gasteiger partial charge in [0.1, 0.15) is 5.82 Å². The van der Waals surface area contributed by atoms with Gasteiger partial charge in [0.15, 0.2) is 0 Å². The van der Waals surface area contributed by atoms with Crippen molar-refractivity contribution in [1.82, 2.24) is 15.2 Å². The predicted molar refractivity (Wildman–Crippen MR) is 68.2 cm³/mol. The van der Waals surface area contributed by atoms with Crippen molar-refractivity contribution < 1.29 is 0 Å². The van der Waals surface area contributed by atoms with E-state index in [0.29, 0.717) is 16.8 Å². The first kappa shape index (κ1) is 11.9. The molecule has 0 bridgehead atoms. The number of nitrogens with two attached hydrogens (primary N) is 1. The summed E-state index contributed by atoms with van der Waals surface area (Å²) in [5, 5.41) is 7.51. The molecule has 0 aliphatic carbocycles. The van der Waals surface area contributed by atoms with Crippen LogP contribution < -0.4 is 10.6 Å². The van der Waals surface area contributed by atoms with Crippen LogP contribution in [0.25, 0.3) is 0 Å². The highest BCUT2D eigenvalue weighted by Gasteiger charge is 2.16. The standard InChI is InChI=1S/C11H14ClN5/c1-17(2)11-14-10(15-16-11)9(13)7-5-3-4-6-8(7)12/h3-6,9H,13H2,1-2H3,(H,14,15,16)/t9-/m1/s1. The number of anilines is 1. The summed E-state index contributed by atoms with van der Waals surface area (Å²) in [6.07, 6.45) is 0. The van der Waals surface area contributed by atoms with Crippen LogP contribution in [0.15, 0.2) is 24.3 Å². The normalized spacial score (nSPS) is 12.5. The number of hydrogen-bond donors (Lipinski definition) is 2. The Morgan fingerprint density at radius 1 is 1.35 bits per heavy atom. The molecule has 0 radical (unpaired) electrons. The minimum Gasteiger partial charge on any atom is -0.346 e. The van der Waals surface area contributed by atoms with Gasteiger partial charge in [-0.3, -0.25) is 5.10 Å². The van der Waals surface area contributed by atoms with Gasteiger partial charge in [0.25, 0.3) is 0 Å². The molecular weight excluding hydrogens is 238 g/mol. The second-order valence-electron chi connectivity index (χ2n) is 3.91. The summed E-state index contributed by atoms with van der Waals surface area (Å²) in [4.78, 5) is 6.11. The molecule has 6 heteroatoms. The Labute approximate surface area is 105 Å². The van der Waals surface area contributed by atoms with Crippen molar-refractivity contribution in [2.24, 2.45) is 5.73 Å². The summed E-state index contributed by atoms with van der Waals surface area (Å²) in [5.41, 5.74) is 6.92. The quantitative estimate of drug-likeness (QED) is 0.869. The lowest BCUT2D eigenvalue weighted by atomic mass is 10.1. The number of hydrogen-bond acceptors (Lipinski definition) is 4. The number of H-pyrrole nitrogens is 1. The van der Waals surface area contributed by atoms with E-state index in [4.69, 9.17) is 17.3 Å². The Morgan fingerprint density at radius 2 is 2.06 bits per heavy atom. The molecule has 1 aromatic carbocycles. The van der Waals surface area contributed by atoms with Crippen LogP contribution in [0.1, 0.15) is 17.4 Å². The summed E-state index contributed by atoms with van der Waals surface area (Å²) >= 11 is 6.09. The lowest BCUT2D eigenvalue weighted by Crippen LogP contribution is -2.15. The highest BCUT2D eigenvalue weighted by molar-refractivity contribution is 6.31. The van der Waals surface area contributed by atoms with E-state index in [2.05, 4.69) is 15.2 Å². The first-order valence-electron chi connectivity index (χ1n) is 5.19. The van der Waals surface area contributed by atoms with Gasteiger partial charge in [-0.15, -0.1) is 5.10 Å². The molecule has 5 nitrogen and oxygen atoms in total. The number of aromatic nitrogens is 3. The predicted octanol–water partition coefficient (Wildman–Crippen LogP) is 1.57. The SMILES string of the molecule is CN(C)c1n[nH]c([C@H](N)c2ccccc2Cl)n1. The number of nitrogens with one attached hydrogen (secondary N) is 1. The number of nitrogens with zero attached hydrogens (tertiary/aromatic N) is 3. The zero-order valence-electron chi connectivity index (χ0n) is 9.68. The van der Waals surface area contributed by atoms with Crippen LogP contribution in [-0.4, -0.2) is 29.3 Å². The van der Waals surface area contributed by atoms with Crippen LogP contribution in [0.2, 0.25) is 5.02 Å². The van der Waals surface area contributed by atoms with Gasteiger partial charge in [-0.1, -0.05) is 29.8 Å². The first-order valence-corrected chi connectivity index (χ1v) is 5.57. The monoisotopic (exact) mass is 251 g/mol. The van der Waals surface area contributed by atoms with Gasteiger partial charge in [0.2, 0.25) is 5.95 Å². The lowest BCUT2D eigenvalue weighted by Gasteiger charge is -2.10. The lowest BCUT2D eigenvalue weighted by molar-refractivity contribution is 0.787. The van der Waals surface area contributed by atoms with Crippen molar-refractivity contribution in [1.29, 1.82) is 0 Å². The summed E-state index contributed by atoms with van der Waals surface area (Å²) in [7, 11) is 3.74. The van der Waals surface area contributed by atoms with Crippen LogP contribution in [0.3, 0.4) is 0 Å². The van der Waals surface area contributed by atoms with Gasteiger partial charge in [0, 0.05) is 19.1 Å². The first-order chi connectivity index (χ1) is 8.09. The molecule has 0 aliphatic heterocycles. The Hall–Kier alpha value is -1.59. The Balaban J connectivity index is 2.31. The Kier molecular flexibility index (Phi) is 3.31. The Bertz CT molecular complexity index is 508. The second-order valence-corrected chi connectivity index (χ2v) is 4.32. The average Bonchev–Trinajstić information content (AvgIpc) is 2.78. The van der Waals surface area contributed by atoms with E-state index >= 15 is 0 Å². The molecule has 2 aromatic rings. The molecular formula is C11H14ClN5. The van der Waals surface area contributed by atoms with Gasteiger partial charge in [-0.25, -0.2) is 0 Å². The van der Waals surface area contributed by atoms with Crippen LogP contribution in [0, 0.1) is 0 Å². The molecule has 17 heavy (non-hydrogen) atoms. The summed E-state index contributed by atoms with van der Waals surface area (Å²) < 4.78 is 0. The molecule has 1 heterocycles. The van der Waals surface area contributed by atoms with Crippen LogP contribution >= 0.6 is 11.6 Å². The average molecular weight is 252 g/mol. The van der Waals surface area contributed by atoms with Crippen LogP contribution in [-0.2, 0) is 0 Å². The molecule has 90 valence electrons. The molecule has 0 saturated carbocycles. The van der Waals surface area contributed by atoms with E-state index in [0.717, 1.165) is 5.56 Å². The van der Waals surface area contributed by atoms with Gasteiger partial charge in [-0.2, -0.15) is 4.98 Å². The highest BCUT2D eigenvalue weighted by Crippen LogP contribution is 2.24. The van der Waals surface area contributed by atoms with E-state index < -0.39 is 6.04 Å². The highest BCUT2D eigenvalue weighted by atomic mass is 35.5. The van der Waals surface area contributed by atoms with E-state index in [1.54, 1.807) is 11.0 Å². The minimum absolute atomic E-state index is 0.398. The molecule has 3 N–H and O–H groups in total. The zero-order valence-corrected chi connectivity index (χ0v) is 10.4. The number of halogens is 1. The third-order valence-electron chi connectivity index (χ3n) is 2.43. The topological polar surface area (TPSA) is 70.8 Å². The van der Waals surface area contributed by atoms with Crippen molar-refractivity contribution >= 4 is 17.5 Å². The molecule has 0 unspecified atom stereocenters. The molecule has 0 fully saturated rings. The molecule has 1 atom stereocenters. The fourth-order valence-corrected chi connectivity index (χ4v) is 1.73. The smallest absolute Gasteiger partial charge is 0.244 e. The summed E-state index contributed by atoms with van der Waals surface area (Å²) in [6, 6.07) is 7.05. The van der Waals surface area contributed by atoms with Crippen molar-refractivity contribution in [3.63, 3.8) is 0 Å². The molecule has 1 aromatic heterocycles. The van der Waals surface area contributed by atoms with E-state index in [9.17, 15) is 0 Å². The van der Waals surface area contributed by atoms with Crippen LogP contribution in [0.4, 0.5) is 5.95 Å². The van der Waals surface area contributed by atoms with Crippen molar-refractivity contribution in [3.8, 4) is 0 Å². The summed E-state index contributed by atoms with van der Waals surface area (Å²) in [5.74, 6) is 1.20. The van der Waals surface area contributed by atoms with Gasteiger partial charge < -0.3 is 10.6 Å². The fourth-order valence-electron chi connectivity index (χ4n) is 1.48. The summed E-state index contributed by atoms with van der Waals surface area (Å²) in [6.45, 7) is 0. The molecule has 0 saturated heterocycles. The number of benzene rings is 1. The molecule has 0 amide bonds. The number of rotatable bonds is 3. The third kappa shape index (κ3) is 2.40. The fraction of sp³-hybridized carbons (Fsp3) is 0.273. The van der Waals surface area contributed by atoms with Gasteiger partial charge >= 0.3 is 0 Å². The zero-order chi connectivity index (χ0) is 12.4. The Morgan fingerprint density at radius 3 is 2.65 bits per heavy atom. The van der Waals surface area contributed by atoms with Crippen molar-refractivity contribution in [3.05, 3.63) is 40.7 Å².